The van der Waals surface area contributed by atoms with Gasteiger partial charge in [-0.3, -0.25) is 0 Å². The van der Waals surface area contributed by atoms with Crippen LogP contribution in [0, 0.1) is 17.8 Å². The molecule has 1 aliphatic carbocycles. The molecule has 148 valence electrons. The molecule has 0 unspecified atom stereocenters. The van der Waals surface area contributed by atoms with E-state index in [1.165, 1.54) is 13.4 Å². The van der Waals surface area contributed by atoms with Crippen LogP contribution in [0.1, 0.15) is 19.8 Å². The average molecular weight is 374 g/mol. The van der Waals surface area contributed by atoms with Crippen molar-refractivity contribution in [2.75, 3.05) is 13.7 Å². The normalized spacial score (nSPS) is 45.5. The van der Waals surface area contributed by atoms with E-state index >= 15 is 0 Å². The van der Waals surface area contributed by atoms with Gasteiger partial charge in [0.1, 0.15) is 24.4 Å². The molecule has 2 aliphatic heterocycles. The number of rotatable bonds is 4. The SMILES string of the molecule is COC(=O)C1=CO[C@@H](O[C@@H]2O[C@H](CO)[C@@H](O)[C@H](O)[C@H]2O)[C@@H]2[C@H](C)CC[C@H]12. The molecule has 3 aliphatic rings. The van der Waals surface area contributed by atoms with Gasteiger partial charge < -0.3 is 39.4 Å². The van der Waals surface area contributed by atoms with Crippen molar-refractivity contribution in [2.45, 2.75) is 56.8 Å². The number of hydrogen-bond acceptors (Lipinski definition) is 9. The van der Waals surface area contributed by atoms with E-state index in [9.17, 15) is 25.2 Å². The number of methoxy groups -OCH3 is 1. The first-order chi connectivity index (χ1) is 12.4. The van der Waals surface area contributed by atoms with E-state index < -0.39 is 49.6 Å². The second kappa shape index (κ2) is 7.79. The molecule has 2 fully saturated rings. The molecule has 4 N–H and O–H groups in total. The third-order valence-electron chi connectivity index (χ3n) is 5.64. The highest BCUT2D eigenvalue weighted by molar-refractivity contribution is 5.89. The van der Waals surface area contributed by atoms with Crippen molar-refractivity contribution in [1.82, 2.24) is 0 Å². The molecule has 0 amide bonds. The second-order valence-electron chi connectivity index (χ2n) is 7.14. The maximum Gasteiger partial charge on any atom is 0.337 e. The van der Waals surface area contributed by atoms with Crippen LogP contribution in [0.3, 0.4) is 0 Å². The van der Waals surface area contributed by atoms with Gasteiger partial charge in [-0.1, -0.05) is 6.92 Å². The molecule has 9 atom stereocenters. The number of carbonyl (C=O) groups is 1. The predicted molar refractivity (Wildman–Crippen MR) is 85.2 cm³/mol. The second-order valence-corrected chi connectivity index (χ2v) is 7.14. The first-order valence-electron chi connectivity index (χ1n) is 8.78. The third-order valence-corrected chi connectivity index (χ3v) is 5.64. The Balaban J connectivity index is 1.77. The van der Waals surface area contributed by atoms with E-state index in [1.807, 2.05) is 6.92 Å². The van der Waals surface area contributed by atoms with Crippen molar-refractivity contribution >= 4 is 5.97 Å². The van der Waals surface area contributed by atoms with E-state index in [4.69, 9.17) is 18.9 Å². The Labute approximate surface area is 151 Å². The standard InChI is InChI=1S/C17H26O9/c1-7-3-4-8-9(15(22)23-2)6-24-16(11(7)8)26-17-14(21)13(20)12(19)10(5-18)25-17/h6-8,10-14,16-21H,3-5H2,1-2H3/t7-,8-,10-,11-,12-,13+,14-,16+,17+/m1/s1. The molecular formula is C17H26O9. The number of esters is 1. The summed E-state index contributed by atoms with van der Waals surface area (Å²) in [4.78, 5) is 12.0. The minimum Gasteiger partial charge on any atom is -0.472 e. The topological polar surface area (TPSA) is 135 Å². The monoisotopic (exact) mass is 374 g/mol. The molecule has 0 aromatic rings. The molecular weight excluding hydrogens is 348 g/mol. The fraction of sp³-hybridized carbons (Fsp3) is 0.824. The number of carbonyl (C=O) groups excluding carboxylic acids is 1. The summed E-state index contributed by atoms with van der Waals surface area (Å²) in [6.07, 6.45) is -4.63. The zero-order chi connectivity index (χ0) is 19.0. The van der Waals surface area contributed by atoms with Gasteiger partial charge in [0, 0.05) is 11.8 Å². The molecule has 0 radical (unpaired) electrons. The Kier molecular flexibility index (Phi) is 5.85. The van der Waals surface area contributed by atoms with Crippen molar-refractivity contribution in [1.29, 1.82) is 0 Å². The summed E-state index contributed by atoms with van der Waals surface area (Å²) >= 11 is 0. The third kappa shape index (κ3) is 3.35. The number of fused-ring (bicyclic) bond motifs is 1. The molecule has 9 heteroatoms. The van der Waals surface area contributed by atoms with Crippen molar-refractivity contribution in [3.05, 3.63) is 11.8 Å². The summed E-state index contributed by atoms with van der Waals surface area (Å²) in [5, 5.41) is 39.2. The highest BCUT2D eigenvalue weighted by atomic mass is 16.8. The summed E-state index contributed by atoms with van der Waals surface area (Å²) in [7, 11) is 1.31. The van der Waals surface area contributed by atoms with Gasteiger partial charge >= 0.3 is 5.97 Å². The van der Waals surface area contributed by atoms with Gasteiger partial charge in [0.2, 0.25) is 6.29 Å². The van der Waals surface area contributed by atoms with Crippen molar-refractivity contribution < 1.29 is 44.2 Å². The fourth-order valence-electron chi connectivity index (χ4n) is 4.12. The zero-order valence-electron chi connectivity index (χ0n) is 14.7. The molecule has 0 bridgehead atoms. The van der Waals surface area contributed by atoms with Crippen LogP contribution >= 0.6 is 0 Å². The average Bonchev–Trinajstić information content (AvgIpc) is 3.04. The Morgan fingerprint density at radius 3 is 2.58 bits per heavy atom. The first-order valence-corrected chi connectivity index (χ1v) is 8.78. The van der Waals surface area contributed by atoms with Gasteiger partial charge in [-0.15, -0.1) is 0 Å². The van der Waals surface area contributed by atoms with Gasteiger partial charge in [0.25, 0.3) is 0 Å². The summed E-state index contributed by atoms with van der Waals surface area (Å²) in [6.45, 7) is 1.49. The van der Waals surface area contributed by atoms with E-state index in [0.717, 1.165) is 12.8 Å². The molecule has 9 nitrogen and oxygen atoms in total. The van der Waals surface area contributed by atoms with Crippen LogP contribution in [-0.2, 0) is 23.7 Å². The van der Waals surface area contributed by atoms with E-state index in [-0.39, 0.29) is 17.8 Å². The number of ether oxygens (including phenoxy) is 4. The van der Waals surface area contributed by atoms with E-state index in [0.29, 0.717) is 5.57 Å². The highest BCUT2D eigenvalue weighted by Gasteiger charge is 2.50. The van der Waals surface area contributed by atoms with Gasteiger partial charge in [-0.2, -0.15) is 0 Å². The van der Waals surface area contributed by atoms with Crippen LogP contribution in [0.15, 0.2) is 11.8 Å². The minimum absolute atomic E-state index is 0.0962. The van der Waals surface area contributed by atoms with Crippen LogP contribution < -0.4 is 0 Å². The van der Waals surface area contributed by atoms with Crippen LogP contribution in [0.5, 0.6) is 0 Å². The lowest BCUT2D eigenvalue weighted by Crippen LogP contribution is -2.60. The maximum absolute atomic E-state index is 12.0. The Morgan fingerprint density at radius 2 is 1.92 bits per heavy atom. The Morgan fingerprint density at radius 1 is 1.19 bits per heavy atom. The lowest BCUT2D eigenvalue weighted by Gasteiger charge is -2.43. The molecule has 3 rings (SSSR count). The largest absolute Gasteiger partial charge is 0.472 e. The van der Waals surface area contributed by atoms with Crippen LogP contribution in [0.2, 0.25) is 0 Å². The number of hydrogen-bond donors (Lipinski definition) is 4. The molecule has 26 heavy (non-hydrogen) atoms. The lowest BCUT2D eigenvalue weighted by molar-refractivity contribution is -0.342. The molecule has 0 spiro atoms. The molecule has 2 heterocycles. The molecule has 0 aromatic heterocycles. The quantitative estimate of drug-likeness (QED) is 0.451. The van der Waals surface area contributed by atoms with Crippen molar-refractivity contribution in [3.63, 3.8) is 0 Å². The van der Waals surface area contributed by atoms with Crippen molar-refractivity contribution in [2.24, 2.45) is 17.8 Å². The Hall–Kier alpha value is -1.23. The molecule has 0 aromatic carbocycles. The van der Waals surface area contributed by atoms with E-state index in [1.54, 1.807) is 0 Å². The van der Waals surface area contributed by atoms with Gasteiger partial charge in [-0.25, -0.2) is 4.79 Å². The van der Waals surface area contributed by atoms with Gasteiger partial charge in [0.15, 0.2) is 6.29 Å². The zero-order valence-corrected chi connectivity index (χ0v) is 14.7. The van der Waals surface area contributed by atoms with E-state index in [2.05, 4.69) is 0 Å². The minimum atomic E-state index is -1.52. The molecule has 1 saturated carbocycles. The fourth-order valence-corrected chi connectivity index (χ4v) is 4.12. The smallest absolute Gasteiger partial charge is 0.337 e. The van der Waals surface area contributed by atoms with Gasteiger partial charge in [0.05, 0.1) is 25.6 Å². The Bertz CT molecular complexity index is 548. The first kappa shape index (κ1) is 19.5. The molecule has 1 saturated heterocycles. The van der Waals surface area contributed by atoms with Crippen LogP contribution in [0.4, 0.5) is 0 Å². The summed E-state index contributed by atoms with van der Waals surface area (Å²) in [6, 6.07) is 0. The van der Waals surface area contributed by atoms with Crippen molar-refractivity contribution in [3.8, 4) is 0 Å². The van der Waals surface area contributed by atoms with Crippen LogP contribution in [-0.4, -0.2) is 77.1 Å². The van der Waals surface area contributed by atoms with Crippen LogP contribution in [0.25, 0.3) is 0 Å². The predicted octanol–water partition coefficient (Wildman–Crippen LogP) is -1.12. The maximum atomic E-state index is 12.0. The summed E-state index contributed by atoms with van der Waals surface area (Å²) < 4.78 is 21.6. The number of aliphatic hydroxyl groups excluding tert-OH is 4. The number of aliphatic hydroxyl groups is 4. The van der Waals surface area contributed by atoms with Gasteiger partial charge in [-0.05, 0) is 18.8 Å². The summed E-state index contributed by atoms with van der Waals surface area (Å²) in [5.74, 6) is -0.494. The highest BCUT2D eigenvalue weighted by Crippen LogP contribution is 2.47. The summed E-state index contributed by atoms with van der Waals surface area (Å²) in [5.41, 5.74) is 0.454. The lowest BCUT2D eigenvalue weighted by atomic mass is 9.83.